The number of nitrogens with zero attached hydrogens (tertiary/aromatic N) is 1. The maximum absolute atomic E-state index is 13.0. The van der Waals surface area contributed by atoms with E-state index in [1.165, 1.54) is 12.1 Å². The average Bonchev–Trinajstić information content (AvgIpc) is 3.02. The highest BCUT2D eigenvalue weighted by Gasteiger charge is 2.14. The summed E-state index contributed by atoms with van der Waals surface area (Å²) in [5.41, 5.74) is 1.03. The van der Waals surface area contributed by atoms with Crippen LogP contribution in [-0.4, -0.2) is 35.8 Å². The largest absolute Gasteiger partial charge is 0.467 e. The summed E-state index contributed by atoms with van der Waals surface area (Å²) in [4.78, 5) is 2.17. The molecule has 0 aliphatic rings. The van der Waals surface area contributed by atoms with Gasteiger partial charge in [-0.05, 0) is 35.7 Å². The molecular formula is C19H26FNO3. The van der Waals surface area contributed by atoms with Crippen LogP contribution < -0.4 is 0 Å². The third-order valence-corrected chi connectivity index (χ3v) is 3.55. The fraction of sp³-hybridized carbons (Fsp3) is 0.474. The van der Waals surface area contributed by atoms with Gasteiger partial charge in [0.25, 0.3) is 0 Å². The Morgan fingerprint density at radius 3 is 2.54 bits per heavy atom. The molecule has 132 valence electrons. The second-order valence-corrected chi connectivity index (χ2v) is 6.46. The lowest BCUT2D eigenvalue weighted by Crippen LogP contribution is -2.36. The molecule has 0 amide bonds. The van der Waals surface area contributed by atoms with Crippen LogP contribution in [0.4, 0.5) is 4.39 Å². The topological polar surface area (TPSA) is 45.8 Å². The molecule has 0 radical (unpaired) electrons. The highest BCUT2D eigenvalue weighted by atomic mass is 19.1. The van der Waals surface area contributed by atoms with Gasteiger partial charge in [0.2, 0.25) is 0 Å². The number of rotatable bonds is 10. The number of aliphatic hydroxyl groups is 1. The van der Waals surface area contributed by atoms with Crippen molar-refractivity contribution in [1.82, 2.24) is 4.90 Å². The van der Waals surface area contributed by atoms with Crippen molar-refractivity contribution in [1.29, 1.82) is 0 Å². The quantitative estimate of drug-likeness (QED) is 0.722. The Labute approximate surface area is 142 Å². The molecule has 0 fully saturated rings. The van der Waals surface area contributed by atoms with Crippen LogP contribution >= 0.6 is 0 Å². The molecule has 5 heteroatoms. The fourth-order valence-electron chi connectivity index (χ4n) is 2.61. The van der Waals surface area contributed by atoms with Crippen LogP contribution in [0.1, 0.15) is 25.2 Å². The van der Waals surface area contributed by atoms with E-state index >= 15 is 0 Å². The van der Waals surface area contributed by atoms with Gasteiger partial charge in [0.15, 0.2) is 0 Å². The molecule has 1 atom stereocenters. The molecule has 2 aromatic rings. The normalized spacial score (nSPS) is 12.9. The molecule has 0 spiro atoms. The summed E-state index contributed by atoms with van der Waals surface area (Å²) in [5, 5.41) is 10.2. The number of halogens is 1. The predicted octanol–water partition coefficient (Wildman–Crippen LogP) is 3.45. The number of ether oxygens (including phenoxy) is 1. The van der Waals surface area contributed by atoms with Gasteiger partial charge in [0, 0.05) is 19.6 Å². The molecule has 1 heterocycles. The maximum atomic E-state index is 13.0. The molecule has 0 saturated carbocycles. The Morgan fingerprint density at radius 2 is 1.92 bits per heavy atom. The summed E-state index contributed by atoms with van der Waals surface area (Å²) in [6, 6.07) is 10.1. The van der Waals surface area contributed by atoms with Gasteiger partial charge in [0.1, 0.15) is 18.2 Å². The van der Waals surface area contributed by atoms with Gasteiger partial charge in [-0.3, -0.25) is 4.90 Å². The van der Waals surface area contributed by atoms with Crippen molar-refractivity contribution in [3.8, 4) is 0 Å². The van der Waals surface area contributed by atoms with Gasteiger partial charge < -0.3 is 14.3 Å². The first kappa shape index (κ1) is 18.6. The minimum absolute atomic E-state index is 0.236. The third kappa shape index (κ3) is 6.83. The smallest absolute Gasteiger partial charge is 0.129 e. The molecule has 2 rings (SSSR count). The summed E-state index contributed by atoms with van der Waals surface area (Å²) < 4.78 is 23.7. The van der Waals surface area contributed by atoms with Gasteiger partial charge in [-0.1, -0.05) is 26.0 Å². The van der Waals surface area contributed by atoms with Gasteiger partial charge >= 0.3 is 0 Å². The van der Waals surface area contributed by atoms with Crippen LogP contribution in [0.25, 0.3) is 0 Å². The molecule has 1 aromatic heterocycles. The molecule has 0 aliphatic heterocycles. The van der Waals surface area contributed by atoms with Crippen molar-refractivity contribution in [2.24, 2.45) is 5.92 Å². The lowest BCUT2D eigenvalue weighted by molar-refractivity contribution is 0.00223. The molecule has 1 unspecified atom stereocenters. The average molecular weight is 335 g/mol. The van der Waals surface area contributed by atoms with Crippen LogP contribution in [0.15, 0.2) is 47.1 Å². The summed E-state index contributed by atoms with van der Waals surface area (Å²) in [7, 11) is 0. The molecular weight excluding hydrogens is 309 g/mol. The highest BCUT2D eigenvalue weighted by molar-refractivity contribution is 5.15. The predicted molar refractivity (Wildman–Crippen MR) is 90.9 cm³/mol. The molecule has 0 aliphatic carbocycles. The number of furan rings is 1. The fourth-order valence-corrected chi connectivity index (χ4v) is 2.61. The summed E-state index contributed by atoms with van der Waals surface area (Å²) >= 11 is 0. The Balaban J connectivity index is 1.81. The van der Waals surface area contributed by atoms with Crippen molar-refractivity contribution in [2.75, 3.05) is 19.7 Å². The van der Waals surface area contributed by atoms with E-state index in [1.54, 1.807) is 18.4 Å². The number of benzene rings is 1. The maximum Gasteiger partial charge on any atom is 0.129 e. The zero-order valence-electron chi connectivity index (χ0n) is 14.3. The SMILES string of the molecule is CC(C)CN(Cc1ccc(F)cc1)CC(O)COCc1ccco1. The Bertz CT molecular complexity index is 569. The van der Waals surface area contributed by atoms with Crippen molar-refractivity contribution in [3.05, 3.63) is 59.8 Å². The van der Waals surface area contributed by atoms with Crippen molar-refractivity contribution >= 4 is 0 Å². The number of aliphatic hydroxyl groups excluding tert-OH is 1. The Hall–Kier alpha value is -1.69. The number of hydrogen-bond donors (Lipinski definition) is 1. The molecule has 0 saturated heterocycles. The lowest BCUT2D eigenvalue weighted by atomic mass is 10.1. The molecule has 0 bridgehead atoms. The zero-order valence-corrected chi connectivity index (χ0v) is 14.3. The van der Waals surface area contributed by atoms with Gasteiger partial charge in [-0.2, -0.15) is 0 Å². The summed E-state index contributed by atoms with van der Waals surface area (Å²) in [6.45, 7) is 6.91. The standard InChI is InChI=1S/C19H26FNO3/c1-15(2)10-21(11-16-5-7-17(20)8-6-16)12-18(22)13-23-14-19-4-3-9-24-19/h3-9,15,18,22H,10-14H2,1-2H3. The van der Waals surface area contributed by atoms with Crippen molar-refractivity contribution in [3.63, 3.8) is 0 Å². The van der Waals surface area contributed by atoms with E-state index in [9.17, 15) is 9.50 Å². The Kier molecular flexibility index (Phi) is 7.43. The minimum atomic E-state index is -0.584. The summed E-state index contributed by atoms with van der Waals surface area (Å²) in [6.07, 6.45) is 1.02. The van der Waals surface area contributed by atoms with Crippen molar-refractivity contribution in [2.45, 2.75) is 33.1 Å². The van der Waals surface area contributed by atoms with Gasteiger partial charge in [0.05, 0.1) is 19.0 Å². The second-order valence-electron chi connectivity index (χ2n) is 6.46. The third-order valence-electron chi connectivity index (χ3n) is 3.55. The van der Waals surface area contributed by atoms with E-state index in [0.717, 1.165) is 17.9 Å². The summed E-state index contributed by atoms with van der Waals surface area (Å²) in [5.74, 6) is 0.981. The molecule has 1 N–H and O–H groups in total. The Morgan fingerprint density at radius 1 is 1.17 bits per heavy atom. The first-order valence-electron chi connectivity index (χ1n) is 8.28. The van der Waals surface area contributed by atoms with E-state index in [0.29, 0.717) is 25.6 Å². The second kappa shape index (κ2) is 9.57. The first-order valence-corrected chi connectivity index (χ1v) is 8.28. The van der Waals surface area contributed by atoms with Gasteiger partial charge in [-0.15, -0.1) is 0 Å². The number of hydrogen-bond acceptors (Lipinski definition) is 4. The van der Waals surface area contributed by atoms with Gasteiger partial charge in [-0.25, -0.2) is 4.39 Å². The van der Waals surface area contributed by atoms with Crippen LogP contribution in [0.3, 0.4) is 0 Å². The molecule has 24 heavy (non-hydrogen) atoms. The van der Waals surface area contributed by atoms with E-state index in [-0.39, 0.29) is 12.4 Å². The highest BCUT2D eigenvalue weighted by Crippen LogP contribution is 2.10. The van der Waals surface area contributed by atoms with Crippen molar-refractivity contribution < 1.29 is 18.7 Å². The zero-order chi connectivity index (χ0) is 17.4. The van der Waals surface area contributed by atoms with E-state index in [1.807, 2.05) is 12.1 Å². The molecule has 4 nitrogen and oxygen atoms in total. The van der Waals surface area contributed by atoms with E-state index in [4.69, 9.17) is 9.15 Å². The lowest BCUT2D eigenvalue weighted by Gasteiger charge is -2.26. The minimum Gasteiger partial charge on any atom is -0.467 e. The monoisotopic (exact) mass is 335 g/mol. The molecule has 1 aromatic carbocycles. The van der Waals surface area contributed by atoms with E-state index in [2.05, 4.69) is 18.7 Å². The first-order chi connectivity index (χ1) is 11.5. The van der Waals surface area contributed by atoms with Crippen LogP contribution in [0, 0.1) is 11.7 Å². The van der Waals surface area contributed by atoms with Crippen LogP contribution in [-0.2, 0) is 17.9 Å². The van der Waals surface area contributed by atoms with Crippen LogP contribution in [0.2, 0.25) is 0 Å². The van der Waals surface area contributed by atoms with E-state index < -0.39 is 6.10 Å². The van der Waals surface area contributed by atoms with Crippen LogP contribution in [0.5, 0.6) is 0 Å².